The standard InChI is InChI=1S/C18H32N2O3/c1-3-14(2)17(22)20-11-7-8-15(12-20)16(21)19-13-18(23)9-5-4-6-10-18/h14-15,23H,3-13H2,1-2H3,(H,19,21). The molecular formula is C18H32N2O3. The van der Waals surface area contributed by atoms with Crippen LogP contribution in [-0.4, -0.2) is 47.1 Å². The van der Waals surface area contributed by atoms with Crippen molar-refractivity contribution in [2.24, 2.45) is 11.8 Å². The molecule has 0 aromatic heterocycles. The number of likely N-dealkylation sites (tertiary alicyclic amines) is 1. The Morgan fingerprint density at radius 2 is 1.96 bits per heavy atom. The van der Waals surface area contributed by atoms with Crippen molar-refractivity contribution in [1.82, 2.24) is 10.2 Å². The van der Waals surface area contributed by atoms with Crippen molar-refractivity contribution < 1.29 is 14.7 Å². The summed E-state index contributed by atoms with van der Waals surface area (Å²) >= 11 is 0. The second-order valence-electron chi connectivity index (χ2n) is 7.44. The summed E-state index contributed by atoms with van der Waals surface area (Å²) in [6.07, 6.45) is 7.33. The molecule has 1 aliphatic carbocycles. The predicted molar refractivity (Wildman–Crippen MR) is 89.8 cm³/mol. The molecule has 1 saturated carbocycles. The number of piperidine rings is 1. The molecule has 1 heterocycles. The first kappa shape index (κ1) is 18.2. The molecule has 2 unspecified atom stereocenters. The molecule has 2 N–H and O–H groups in total. The lowest BCUT2D eigenvalue weighted by Crippen LogP contribution is -2.50. The zero-order valence-corrected chi connectivity index (χ0v) is 14.6. The zero-order chi connectivity index (χ0) is 16.9. The van der Waals surface area contributed by atoms with Crippen LogP contribution >= 0.6 is 0 Å². The third kappa shape index (κ3) is 4.93. The maximum atomic E-state index is 12.4. The molecular weight excluding hydrogens is 292 g/mol. The van der Waals surface area contributed by atoms with Crippen molar-refractivity contribution in [2.45, 2.75) is 70.8 Å². The molecule has 0 radical (unpaired) electrons. The number of carbonyl (C=O) groups is 2. The van der Waals surface area contributed by atoms with Crippen LogP contribution in [-0.2, 0) is 9.59 Å². The topological polar surface area (TPSA) is 69.6 Å². The molecule has 0 spiro atoms. The Hall–Kier alpha value is -1.10. The molecule has 0 aromatic rings. The third-order valence-corrected chi connectivity index (χ3v) is 5.51. The van der Waals surface area contributed by atoms with E-state index in [2.05, 4.69) is 5.32 Å². The molecule has 2 rings (SSSR count). The second-order valence-corrected chi connectivity index (χ2v) is 7.44. The Balaban J connectivity index is 1.83. The molecule has 1 aliphatic heterocycles. The van der Waals surface area contributed by atoms with Gasteiger partial charge in [-0.1, -0.05) is 33.1 Å². The smallest absolute Gasteiger partial charge is 0.225 e. The van der Waals surface area contributed by atoms with Gasteiger partial charge in [-0.3, -0.25) is 9.59 Å². The van der Waals surface area contributed by atoms with Gasteiger partial charge < -0.3 is 15.3 Å². The highest BCUT2D eigenvalue weighted by molar-refractivity contribution is 5.82. The van der Waals surface area contributed by atoms with Crippen LogP contribution in [0, 0.1) is 11.8 Å². The van der Waals surface area contributed by atoms with Gasteiger partial charge in [0.15, 0.2) is 0 Å². The third-order valence-electron chi connectivity index (χ3n) is 5.51. The van der Waals surface area contributed by atoms with E-state index in [1.165, 1.54) is 6.42 Å². The number of nitrogens with one attached hydrogen (secondary N) is 1. The van der Waals surface area contributed by atoms with E-state index < -0.39 is 5.60 Å². The lowest BCUT2D eigenvalue weighted by atomic mass is 9.84. The summed E-state index contributed by atoms with van der Waals surface area (Å²) in [7, 11) is 0. The van der Waals surface area contributed by atoms with Crippen LogP contribution in [0.4, 0.5) is 0 Å². The minimum Gasteiger partial charge on any atom is -0.388 e. The Morgan fingerprint density at radius 3 is 2.61 bits per heavy atom. The highest BCUT2D eigenvalue weighted by atomic mass is 16.3. The van der Waals surface area contributed by atoms with Gasteiger partial charge in [0, 0.05) is 25.6 Å². The summed E-state index contributed by atoms with van der Waals surface area (Å²) in [5.74, 6) is 0.0465. The van der Waals surface area contributed by atoms with Crippen molar-refractivity contribution in [1.29, 1.82) is 0 Å². The van der Waals surface area contributed by atoms with Crippen molar-refractivity contribution in [3.63, 3.8) is 0 Å². The summed E-state index contributed by atoms with van der Waals surface area (Å²) in [5, 5.41) is 13.4. The lowest BCUT2D eigenvalue weighted by Gasteiger charge is -2.35. The average Bonchev–Trinajstić information content (AvgIpc) is 2.59. The fourth-order valence-electron chi connectivity index (χ4n) is 3.66. The van der Waals surface area contributed by atoms with E-state index in [0.29, 0.717) is 13.1 Å². The Labute approximate surface area is 139 Å². The number of carbonyl (C=O) groups excluding carboxylic acids is 2. The molecule has 5 heteroatoms. The largest absolute Gasteiger partial charge is 0.388 e. The number of aliphatic hydroxyl groups is 1. The normalized spacial score (nSPS) is 25.7. The Bertz CT molecular complexity index is 418. The summed E-state index contributed by atoms with van der Waals surface area (Å²) in [4.78, 5) is 26.6. The number of rotatable bonds is 5. The Kier molecular flexibility index (Phi) is 6.45. The van der Waals surface area contributed by atoms with Crippen LogP contribution < -0.4 is 5.32 Å². The van der Waals surface area contributed by atoms with Gasteiger partial charge in [0.25, 0.3) is 0 Å². The van der Waals surface area contributed by atoms with Crippen LogP contribution in [0.5, 0.6) is 0 Å². The number of nitrogens with zero attached hydrogens (tertiary/aromatic N) is 1. The van der Waals surface area contributed by atoms with Crippen molar-refractivity contribution in [3.8, 4) is 0 Å². The fraction of sp³-hybridized carbons (Fsp3) is 0.889. The summed E-state index contributed by atoms with van der Waals surface area (Å²) in [5.41, 5.74) is -0.727. The van der Waals surface area contributed by atoms with Gasteiger partial charge in [-0.25, -0.2) is 0 Å². The number of hydrogen-bond donors (Lipinski definition) is 2. The maximum Gasteiger partial charge on any atom is 0.225 e. The van der Waals surface area contributed by atoms with Gasteiger partial charge in [-0.15, -0.1) is 0 Å². The number of amides is 2. The molecule has 2 atom stereocenters. The molecule has 2 amide bonds. The van der Waals surface area contributed by atoms with E-state index in [0.717, 1.165) is 51.5 Å². The van der Waals surface area contributed by atoms with Gasteiger partial charge in [-0.2, -0.15) is 0 Å². The Morgan fingerprint density at radius 1 is 1.26 bits per heavy atom. The molecule has 132 valence electrons. The second kappa shape index (κ2) is 8.13. The maximum absolute atomic E-state index is 12.4. The molecule has 23 heavy (non-hydrogen) atoms. The van der Waals surface area contributed by atoms with Gasteiger partial charge in [0.2, 0.25) is 11.8 Å². The molecule has 5 nitrogen and oxygen atoms in total. The van der Waals surface area contributed by atoms with E-state index in [4.69, 9.17) is 0 Å². The first-order valence-corrected chi connectivity index (χ1v) is 9.24. The fourth-order valence-corrected chi connectivity index (χ4v) is 3.66. The highest BCUT2D eigenvalue weighted by Gasteiger charge is 2.33. The predicted octanol–water partition coefficient (Wildman–Crippen LogP) is 2.08. The van der Waals surface area contributed by atoms with Crippen LogP contribution in [0.3, 0.4) is 0 Å². The summed E-state index contributed by atoms with van der Waals surface area (Å²) < 4.78 is 0. The first-order chi connectivity index (χ1) is 10.9. The van der Waals surface area contributed by atoms with E-state index >= 15 is 0 Å². The molecule has 2 aliphatic rings. The van der Waals surface area contributed by atoms with E-state index in [-0.39, 0.29) is 23.7 Å². The SMILES string of the molecule is CCC(C)C(=O)N1CCCC(C(=O)NCC2(O)CCCCC2)C1. The molecule has 0 aromatic carbocycles. The van der Waals surface area contributed by atoms with E-state index in [9.17, 15) is 14.7 Å². The van der Waals surface area contributed by atoms with Crippen LogP contribution in [0.15, 0.2) is 0 Å². The first-order valence-electron chi connectivity index (χ1n) is 9.24. The van der Waals surface area contributed by atoms with Crippen LogP contribution in [0.2, 0.25) is 0 Å². The van der Waals surface area contributed by atoms with Gasteiger partial charge in [0.1, 0.15) is 0 Å². The van der Waals surface area contributed by atoms with Gasteiger partial charge in [-0.05, 0) is 32.1 Å². The van der Waals surface area contributed by atoms with Crippen molar-refractivity contribution in [3.05, 3.63) is 0 Å². The zero-order valence-electron chi connectivity index (χ0n) is 14.6. The highest BCUT2D eigenvalue weighted by Crippen LogP contribution is 2.27. The monoisotopic (exact) mass is 324 g/mol. The van der Waals surface area contributed by atoms with Crippen LogP contribution in [0.25, 0.3) is 0 Å². The van der Waals surface area contributed by atoms with Crippen molar-refractivity contribution in [2.75, 3.05) is 19.6 Å². The number of hydrogen-bond acceptors (Lipinski definition) is 3. The summed E-state index contributed by atoms with van der Waals surface area (Å²) in [6.45, 7) is 5.60. The van der Waals surface area contributed by atoms with Crippen LogP contribution in [0.1, 0.15) is 65.2 Å². The lowest BCUT2D eigenvalue weighted by molar-refractivity contribution is -0.139. The minimum absolute atomic E-state index is 0.00866. The van der Waals surface area contributed by atoms with E-state index in [1.54, 1.807) is 0 Å². The quantitative estimate of drug-likeness (QED) is 0.813. The van der Waals surface area contributed by atoms with Crippen molar-refractivity contribution >= 4 is 11.8 Å². The summed E-state index contributed by atoms with van der Waals surface area (Å²) in [6, 6.07) is 0. The van der Waals surface area contributed by atoms with Gasteiger partial charge in [0.05, 0.1) is 11.5 Å². The molecule has 1 saturated heterocycles. The minimum atomic E-state index is -0.727. The average molecular weight is 324 g/mol. The van der Waals surface area contributed by atoms with Gasteiger partial charge >= 0.3 is 0 Å². The molecule has 2 fully saturated rings. The molecule has 0 bridgehead atoms. The van der Waals surface area contributed by atoms with E-state index in [1.807, 2.05) is 18.7 Å².